The molecule has 0 saturated heterocycles. The monoisotopic (exact) mass is 352 g/mol. The molecule has 0 amide bonds. The van der Waals surface area contributed by atoms with Crippen LogP contribution < -0.4 is 4.74 Å². The number of hydrogen-bond acceptors (Lipinski definition) is 3. The van der Waals surface area contributed by atoms with Gasteiger partial charge in [0.2, 0.25) is 0 Å². The predicted octanol–water partition coefficient (Wildman–Crippen LogP) is 3.84. The van der Waals surface area contributed by atoms with Gasteiger partial charge in [0.25, 0.3) is 0 Å². The molecule has 0 radical (unpaired) electrons. The number of aliphatic hydroxyl groups is 1. The Bertz CT molecular complexity index is 645. The van der Waals surface area contributed by atoms with Crippen LogP contribution in [0.5, 0.6) is 5.75 Å². The highest BCUT2D eigenvalue weighted by molar-refractivity contribution is 9.10. The first-order valence-corrected chi connectivity index (χ1v) is 8.26. The maximum atomic E-state index is 9.26. The number of aliphatic hydroxyl groups excluding tert-OH is 1. The molecular weight excluding hydrogens is 332 g/mol. The number of hydrogen-bond donors (Lipinski definition) is 1. The maximum Gasteiger partial charge on any atom is 0.135 e. The predicted molar refractivity (Wildman–Crippen MR) is 86.8 cm³/mol. The zero-order valence-corrected chi connectivity index (χ0v) is 14.1. The molecule has 0 atom stereocenters. The van der Waals surface area contributed by atoms with Crippen molar-refractivity contribution in [3.05, 3.63) is 22.3 Å². The zero-order valence-electron chi connectivity index (χ0n) is 12.5. The lowest BCUT2D eigenvalue weighted by Crippen LogP contribution is -2.21. The number of halogens is 1. The van der Waals surface area contributed by atoms with Crippen LogP contribution in [0.25, 0.3) is 10.9 Å². The number of methoxy groups -OCH3 is 1. The van der Waals surface area contributed by atoms with Crippen molar-refractivity contribution in [2.24, 2.45) is 5.92 Å². The molecule has 2 aromatic rings. The zero-order chi connectivity index (χ0) is 15.0. The molecule has 0 aliphatic heterocycles. The van der Waals surface area contributed by atoms with Crippen molar-refractivity contribution < 1.29 is 9.84 Å². The van der Waals surface area contributed by atoms with Crippen LogP contribution in [0.4, 0.5) is 0 Å². The van der Waals surface area contributed by atoms with Crippen molar-refractivity contribution in [1.82, 2.24) is 9.78 Å². The van der Waals surface area contributed by atoms with Gasteiger partial charge in [0.1, 0.15) is 5.75 Å². The van der Waals surface area contributed by atoms with Crippen LogP contribution in [-0.2, 0) is 0 Å². The highest BCUT2D eigenvalue weighted by atomic mass is 79.9. The van der Waals surface area contributed by atoms with Crippen LogP contribution in [0.3, 0.4) is 0 Å². The molecule has 5 heteroatoms. The molecule has 1 saturated carbocycles. The van der Waals surface area contributed by atoms with Gasteiger partial charge in [-0.05, 0) is 60.5 Å². The lowest BCUT2D eigenvalue weighted by Gasteiger charge is -2.28. The average molecular weight is 353 g/mol. The van der Waals surface area contributed by atoms with Gasteiger partial charge in [-0.1, -0.05) is 0 Å². The second-order valence-corrected chi connectivity index (χ2v) is 6.75. The van der Waals surface area contributed by atoms with E-state index in [1.54, 1.807) is 7.11 Å². The Balaban J connectivity index is 1.95. The van der Waals surface area contributed by atoms with Crippen molar-refractivity contribution >= 4 is 26.8 Å². The molecule has 3 rings (SSSR count). The summed E-state index contributed by atoms with van der Waals surface area (Å²) in [4.78, 5) is 0. The first-order chi connectivity index (χ1) is 10.1. The molecule has 1 aliphatic rings. The van der Waals surface area contributed by atoms with Crippen molar-refractivity contribution in [2.45, 2.75) is 38.6 Å². The average Bonchev–Trinajstić information content (AvgIpc) is 2.83. The van der Waals surface area contributed by atoms with Crippen molar-refractivity contribution in [3.63, 3.8) is 0 Å². The lowest BCUT2D eigenvalue weighted by atomic mass is 9.86. The van der Waals surface area contributed by atoms with Gasteiger partial charge in [0, 0.05) is 23.8 Å². The summed E-state index contributed by atoms with van der Waals surface area (Å²) >= 11 is 3.54. The number of aryl methyl sites for hydroxylation is 1. The number of nitrogens with zero attached hydrogens (tertiary/aromatic N) is 2. The van der Waals surface area contributed by atoms with Crippen molar-refractivity contribution in [1.29, 1.82) is 0 Å². The first-order valence-electron chi connectivity index (χ1n) is 7.47. The van der Waals surface area contributed by atoms with Gasteiger partial charge in [-0.3, -0.25) is 4.68 Å². The molecule has 1 fully saturated rings. The fourth-order valence-corrected chi connectivity index (χ4v) is 3.82. The standard InChI is InChI=1S/C16H21BrN2O2/c1-10-13-7-14(17)16(21-2)8-15(13)18-19(10)12-5-3-11(9-20)4-6-12/h7-8,11-12,20H,3-6,9H2,1-2H3. The molecule has 114 valence electrons. The van der Waals surface area contributed by atoms with E-state index in [4.69, 9.17) is 9.84 Å². The third kappa shape index (κ3) is 2.69. The van der Waals surface area contributed by atoms with Crippen LogP contribution in [0.15, 0.2) is 16.6 Å². The SMILES string of the molecule is COc1cc2nn(C3CCC(CO)CC3)c(C)c2cc1Br. The van der Waals surface area contributed by atoms with Crippen LogP contribution >= 0.6 is 15.9 Å². The van der Waals surface area contributed by atoms with Gasteiger partial charge >= 0.3 is 0 Å². The molecule has 1 heterocycles. The third-order valence-electron chi connectivity index (χ3n) is 4.64. The molecule has 0 bridgehead atoms. The number of aromatic nitrogens is 2. The summed E-state index contributed by atoms with van der Waals surface area (Å²) in [5.74, 6) is 1.29. The lowest BCUT2D eigenvalue weighted by molar-refractivity contribution is 0.164. The number of ether oxygens (including phenoxy) is 1. The first kappa shape index (κ1) is 14.9. The Hall–Kier alpha value is -1.07. The highest BCUT2D eigenvalue weighted by Crippen LogP contribution is 2.36. The molecule has 1 N–H and O–H groups in total. The van der Waals surface area contributed by atoms with E-state index in [2.05, 4.69) is 33.6 Å². The van der Waals surface area contributed by atoms with Gasteiger partial charge in [0.15, 0.2) is 0 Å². The maximum absolute atomic E-state index is 9.26. The second-order valence-electron chi connectivity index (χ2n) is 5.89. The molecule has 1 aromatic carbocycles. The summed E-state index contributed by atoms with van der Waals surface area (Å²) in [6, 6.07) is 4.53. The van der Waals surface area contributed by atoms with E-state index in [9.17, 15) is 5.11 Å². The summed E-state index contributed by atoms with van der Waals surface area (Å²) in [5.41, 5.74) is 2.19. The highest BCUT2D eigenvalue weighted by Gasteiger charge is 2.24. The third-order valence-corrected chi connectivity index (χ3v) is 5.26. The summed E-state index contributed by atoms with van der Waals surface area (Å²) in [7, 11) is 1.67. The van der Waals surface area contributed by atoms with Crippen molar-refractivity contribution in [3.8, 4) is 5.75 Å². The fourth-order valence-electron chi connectivity index (χ4n) is 3.31. The van der Waals surface area contributed by atoms with Gasteiger partial charge in [-0.15, -0.1) is 0 Å². The molecule has 21 heavy (non-hydrogen) atoms. The summed E-state index contributed by atoms with van der Waals surface area (Å²) in [6.07, 6.45) is 4.37. The molecular formula is C16H21BrN2O2. The molecule has 0 unspecified atom stereocenters. The summed E-state index contributed by atoms with van der Waals surface area (Å²) in [5, 5.41) is 15.2. The minimum atomic E-state index is 0.316. The fraction of sp³-hybridized carbons (Fsp3) is 0.562. The Kier molecular flexibility index (Phi) is 4.22. The van der Waals surface area contributed by atoms with Gasteiger partial charge in [0.05, 0.1) is 23.1 Å². The van der Waals surface area contributed by atoms with E-state index in [0.717, 1.165) is 41.4 Å². The Morgan fingerprint density at radius 1 is 1.33 bits per heavy atom. The Labute approximate surface area is 133 Å². The van der Waals surface area contributed by atoms with Crippen LogP contribution in [-0.4, -0.2) is 28.6 Å². The van der Waals surface area contributed by atoms with Gasteiger partial charge < -0.3 is 9.84 Å². The number of benzene rings is 1. The van der Waals surface area contributed by atoms with E-state index in [-0.39, 0.29) is 0 Å². The minimum Gasteiger partial charge on any atom is -0.495 e. The summed E-state index contributed by atoms with van der Waals surface area (Å²) < 4.78 is 8.49. The molecule has 1 aliphatic carbocycles. The largest absolute Gasteiger partial charge is 0.495 e. The Morgan fingerprint density at radius 3 is 2.67 bits per heavy atom. The normalized spacial score (nSPS) is 22.7. The van der Waals surface area contributed by atoms with E-state index < -0.39 is 0 Å². The van der Waals surface area contributed by atoms with E-state index in [1.165, 1.54) is 11.1 Å². The number of fused-ring (bicyclic) bond motifs is 1. The van der Waals surface area contributed by atoms with Gasteiger partial charge in [-0.2, -0.15) is 5.10 Å². The van der Waals surface area contributed by atoms with Crippen LogP contribution in [0.1, 0.15) is 37.4 Å². The summed E-state index contributed by atoms with van der Waals surface area (Å²) in [6.45, 7) is 2.45. The second kappa shape index (κ2) is 5.97. The topological polar surface area (TPSA) is 47.3 Å². The van der Waals surface area contributed by atoms with Gasteiger partial charge in [-0.25, -0.2) is 0 Å². The van der Waals surface area contributed by atoms with Crippen LogP contribution in [0.2, 0.25) is 0 Å². The molecule has 4 nitrogen and oxygen atoms in total. The molecule has 1 aromatic heterocycles. The minimum absolute atomic E-state index is 0.316. The van der Waals surface area contributed by atoms with Crippen molar-refractivity contribution in [2.75, 3.05) is 13.7 Å². The Morgan fingerprint density at radius 2 is 2.05 bits per heavy atom. The number of rotatable bonds is 3. The van der Waals surface area contributed by atoms with E-state index in [0.29, 0.717) is 18.6 Å². The van der Waals surface area contributed by atoms with E-state index in [1.807, 2.05) is 6.07 Å². The smallest absolute Gasteiger partial charge is 0.135 e. The van der Waals surface area contributed by atoms with E-state index >= 15 is 0 Å². The molecule has 0 spiro atoms. The quantitative estimate of drug-likeness (QED) is 0.912. The van der Waals surface area contributed by atoms with Crippen LogP contribution in [0, 0.1) is 12.8 Å².